The first kappa shape index (κ1) is 14.3. The van der Waals surface area contributed by atoms with E-state index in [0.29, 0.717) is 5.92 Å². The first-order chi connectivity index (χ1) is 9.35. The SMILES string of the molecule is CCN(CC)c1ncccc1CNC[C@H]1CCOC1. The Labute approximate surface area is 116 Å². The summed E-state index contributed by atoms with van der Waals surface area (Å²) >= 11 is 0. The molecule has 1 aromatic heterocycles. The van der Waals surface area contributed by atoms with Crippen molar-refractivity contribution in [3.05, 3.63) is 23.9 Å². The molecule has 4 heteroatoms. The van der Waals surface area contributed by atoms with Gasteiger partial charge in [-0.1, -0.05) is 6.07 Å². The second-order valence-corrected chi connectivity index (χ2v) is 5.02. The summed E-state index contributed by atoms with van der Waals surface area (Å²) in [7, 11) is 0. The molecule has 1 aliphatic rings. The Kier molecular flexibility index (Phi) is 5.61. The van der Waals surface area contributed by atoms with Crippen molar-refractivity contribution >= 4 is 5.82 Å². The zero-order valence-corrected chi connectivity index (χ0v) is 12.1. The van der Waals surface area contributed by atoms with Crippen molar-refractivity contribution in [3.8, 4) is 0 Å². The first-order valence-electron chi connectivity index (χ1n) is 7.32. The Morgan fingerprint density at radius 2 is 2.26 bits per heavy atom. The average Bonchev–Trinajstić information content (AvgIpc) is 2.95. The predicted molar refractivity (Wildman–Crippen MR) is 78.4 cm³/mol. The normalized spacial score (nSPS) is 18.7. The average molecular weight is 263 g/mol. The quantitative estimate of drug-likeness (QED) is 0.817. The van der Waals surface area contributed by atoms with Gasteiger partial charge in [0.1, 0.15) is 5.82 Å². The topological polar surface area (TPSA) is 37.4 Å². The second kappa shape index (κ2) is 7.46. The second-order valence-electron chi connectivity index (χ2n) is 5.02. The van der Waals surface area contributed by atoms with Crippen LogP contribution in [0.5, 0.6) is 0 Å². The van der Waals surface area contributed by atoms with Crippen molar-refractivity contribution in [2.45, 2.75) is 26.8 Å². The molecule has 2 heterocycles. The lowest BCUT2D eigenvalue weighted by molar-refractivity contribution is 0.185. The summed E-state index contributed by atoms with van der Waals surface area (Å²) in [5.41, 5.74) is 1.28. The fraction of sp³-hybridized carbons (Fsp3) is 0.667. The molecule has 1 N–H and O–H groups in total. The molecule has 0 spiro atoms. The van der Waals surface area contributed by atoms with Crippen LogP contribution in [0.1, 0.15) is 25.8 Å². The molecule has 0 amide bonds. The van der Waals surface area contributed by atoms with Crippen LogP contribution in [0.4, 0.5) is 5.82 Å². The fourth-order valence-corrected chi connectivity index (χ4v) is 2.53. The molecule has 1 atom stereocenters. The largest absolute Gasteiger partial charge is 0.381 e. The van der Waals surface area contributed by atoms with Crippen molar-refractivity contribution in [1.29, 1.82) is 0 Å². The van der Waals surface area contributed by atoms with Gasteiger partial charge in [-0.05, 0) is 32.3 Å². The van der Waals surface area contributed by atoms with Crippen molar-refractivity contribution < 1.29 is 4.74 Å². The number of nitrogens with one attached hydrogen (secondary N) is 1. The van der Waals surface area contributed by atoms with Gasteiger partial charge in [0.05, 0.1) is 6.61 Å². The van der Waals surface area contributed by atoms with Crippen LogP contribution in [0.2, 0.25) is 0 Å². The van der Waals surface area contributed by atoms with E-state index in [9.17, 15) is 0 Å². The van der Waals surface area contributed by atoms with Crippen LogP contribution in [0, 0.1) is 5.92 Å². The zero-order valence-electron chi connectivity index (χ0n) is 12.1. The van der Waals surface area contributed by atoms with Crippen LogP contribution in [0.15, 0.2) is 18.3 Å². The van der Waals surface area contributed by atoms with Crippen LogP contribution in [0.3, 0.4) is 0 Å². The molecule has 0 radical (unpaired) electrons. The van der Waals surface area contributed by atoms with Gasteiger partial charge in [-0.15, -0.1) is 0 Å². The summed E-state index contributed by atoms with van der Waals surface area (Å²) in [5.74, 6) is 1.79. The summed E-state index contributed by atoms with van der Waals surface area (Å²) in [6.45, 7) is 10.1. The highest BCUT2D eigenvalue weighted by Crippen LogP contribution is 2.17. The van der Waals surface area contributed by atoms with E-state index in [1.807, 2.05) is 12.3 Å². The van der Waals surface area contributed by atoms with Crippen LogP contribution in [0.25, 0.3) is 0 Å². The van der Waals surface area contributed by atoms with Gasteiger partial charge in [-0.25, -0.2) is 4.98 Å². The summed E-state index contributed by atoms with van der Waals surface area (Å²) in [4.78, 5) is 6.83. The lowest BCUT2D eigenvalue weighted by atomic mass is 10.1. The number of pyridine rings is 1. The van der Waals surface area contributed by atoms with E-state index in [-0.39, 0.29) is 0 Å². The van der Waals surface area contributed by atoms with Crippen LogP contribution < -0.4 is 10.2 Å². The Balaban J connectivity index is 1.91. The molecular weight excluding hydrogens is 238 g/mol. The van der Waals surface area contributed by atoms with Gasteiger partial charge in [0.25, 0.3) is 0 Å². The van der Waals surface area contributed by atoms with Gasteiger partial charge in [-0.3, -0.25) is 0 Å². The number of hydrogen-bond acceptors (Lipinski definition) is 4. The molecule has 0 bridgehead atoms. The fourth-order valence-electron chi connectivity index (χ4n) is 2.53. The van der Waals surface area contributed by atoms with E-state index in [1.54, 1.807) is 0 Å². The zero-order chi connectivity index (χ0) is 13.5. The predicted octanol–water partition coefficient (Wildman–Crippen LogP) is 2.05. The molecule has 1 saturated heterocycles. The standard InChI is InChI=1S/C15H25N3O/c1-3-18(4-2)15-14(6-5-8-17-15)11-16-10-13-7-9-19-12-13/h5-6,8,13,16H,3-4,7,9-12H2,1-2H3/t13-/m1/s1. The summed E-state index contributed by atoms with van der Waals surface area (Å²) in [5, 5.41) is 3.54. The van der Waals surface area contributed by atoms with Crippen molar-refractivity contribution in [1.82, 2.24) is 10.3 Å². The molecular formula is C15H25N3O. The van der Waals surface area contributed by atoms with Gasteiger partial charge in [0.2, 0.25) is 0 Å². The molecule has 0 aromatic carbocycles. The molecule has 0 unspecified atom stereocenters. The highest BCUT2D eigenvalue weighted by Gasteiger charge is 2.15. The van der Waals surface area contributed by atoms with Crippen molar-refractivity contribution in [2.24, 2.45) is 5.92 Å². The maximum absolute atomic E-state index is 5.40. The summed E-state index contributed by atoms with van der Waals surface area (Å²) in [6.07, 6.45) is 3.06. The van der Waals surface area contributed by atoms with Crippen molar-refractivity contribution in [3.63, 3.8) is 0 Å². The number of rotatable bonds is 7. The minimum Gasteiger partial charge on any atom is -0.381 e. The first-order valence-corrected chi connectivity index (χ1v) is 7.32. The Morgan fingerprint density at radius 3 is 2.95 bits per heavy atom. The Hall–Kier alpha value is -1.13. The molecule has 2 rings (SSSR count). The maximum Gasteiger partial charge on any atom is 0.132 e. The smallest absolute Gasteiger partial charge is 0.132 e. The Morgan fingerprint density at radius 1 is 1.42 bits per heavy atom. The number of anilines is 1. The van der Waals surface area contributed by atoms with Gasteiger partial charge in [0.15, 0.2) is 0 Å². The molecule has 1 aliphatic heterocycles. The lowest BCUT2D eigenvalue weighted by Gasteiger charge is -2.23. The number of hydrogen-bond donors (Lipinski definition) is 1. The summed E-state index contributed by atoms with van der Waals surface area (Å²) < 4.78 is 5.40. The van der Waals surface area contributed by atoms with E-state index < -0.39 is 0 Å². The monoisotopic (exact) mass is 263 g/mol. The van der Waals surface area contributed by atoms with Gasteiger partial charge in [-0.2, -0.15) is 0 Å². The minimum atomic E-state index is 0.675. The third kappa shape index (κ3) is 3.91. The molecule has 106 valence electrons. The van der Waals surface area contributed by atoms with E-state index >= 15 is 0 Å². The minimum absolute atomic E-state index is 0.675. The van der Waals surface area contributed by atoms with Gasteiger partial charge >= 0.3 is 0 Å². The molecule has 4 nitrogen and oxygen atoms in total. The number of nitrogens with zero attached hydrogens (tertiary/aromatic N) is 2. The lowest BCUT2D eigenvalue weighted by Crippen LogP contribution is -2.27. The third-order valence-electron chi connectivity index (χ3n) is 3.70. The van der Waals surface area contributed by atoms with Gasteiger partial charge < -0.3 is 15.0 Å². The molecule has 0 aliphatic carbocycles. The number of ether oxygens (including phenoxy) is 1. The van der Waals surface area contributed by atoms with E-state index in [2.05, 4.69) is 35.1 Å². The Bertz CT molecular complexity index is 373. The molecule has 0 saturated carbocycles. The van der Waals surface area contributed by atoms with E-state index in [0.717, 1.165) is 45.2 Å². The number of aromatic nitrogens is 1. The van der Waals surface area contributed by atoms with Crippen LogP contribution in [-0.4, -0.2) is 37.8 Å². The highest BCUT2D eigenvalue weighted by molar-refractivity contribution is 5.46. The maximum atomic E-state index is 5.40. The van der Waals surface area contributed by atoms with E-state index in [1.165, 1.54) is 12.0 Å². The summed E-state index contributed by atoms with van der Waals surface area (Å²) in [6, 6.07) is 4.18. The van der Waals surface area contributed by atoms with E-state index in [4.69, 9.17) is 4.74 Å². The molecule has 1 fully saturated rings. The van der Waals surface area contributed by atoms with Gasteiger partial charge in [0, 0.05) is 44.5 Å². The van der Waals surface area contributed by atoms with Crippen LogP contribution in [-0.2, 0) is 11.3 Å². The molecule has 19 heavy (non-hydrogen) atoms. The third-order valence-corrected chi connectivity index (χ3v) is 3.70. The molecule has 1 aromatic rings. The van der Waals surface area contributed by atoms with Crippen LogP contribution >= 0.6 is 0 Å². The van der Waals surface area contributed by atoms with Crippen molar-refractivity contribution in [2.75, 3.05) is 37.7 Å². The highest BCUT2D eigenvalue weighted by atomic mass is 16.5.